The van der Waals surface area contributed by atoms with Crippen LogP contribution in [-0.2, 0) is 24.3 Å². The molecule has 1 fully saturated rings. The van der Waals surface area contributed by atoms with Crippen molar-refractivity contribution >= 4 is 5.91 Å². The Kier molecular flexibility index (Phi) is 4.48. The Morgan fingerprint density at radius 1 is 1.24 bits per heavy atom. The molecule has 0 spiro atoms. The quantitative estimate of drug-likeness (QED) is 0.830. The summed E-state index contributed by atoms with van der Waals surface area (Å²) in [5.74, 6) is 1.31. The van der Waals surface area contributed by atoms with Crippen molar-refractivity contribution < 1.29 is 4.79 Å². The van der Waals surface area contributed by atoms with Gasteiger partial charge in [-0.15, -0.1) is 0 Å². The highest BCUT2D eigenvalue weighted by Crippen LogP contribution is 2.21. The minimum atomic E-state index is 0.0405. The second-order valence-corrected chi connectivity index (χ2v) is 6.96. The van der Waals surface area contributed by atoms with E-state index in [1.807, 2.05) is 21.8 Å². The van der Waals surface area contributed by atoms with Crippen LogP contribution < -0.4 is 0 Å². The van der Waals surface area contributed by atoms with E-state index in [0.717, 1.165) is 57.1 Å². The van der Waals surface area contributed by atoms with Gasteiger partial charge in [-0.1, -0.05) is 6.07 Å². The van der Waals surface area contributed by atoms with Gasteiger partial charge in [0.1, 0.15) is 12.2 Å². The first-order valence-corrected chi connectivity index (χ1v) is 8.99. The van der Waals surface area contributed by atoms with Crippen LogP contribution in [0, 0.1) is 12.8 Å². The zero-order chi connectivity index (χ0) is 17.2. The molecule has 0 aromatic carbocycles. The highest BCUT2D eigenvalue weighted by atomic mass is 16.2. The molecular weight excluding hydrogens is 316 g/mol. The number of pyridine rings is 1. The summed E-state index contributed by atoms with van der Waals surface area (Å²) in [6.45, 7) is 7.04. The van der Waals surface area contributed by atoms with Gasteiger partial charge in [0.2, 0.25) is 5.91 Å². The molecule has 0 radical (unpaired) electrons. The van der Waals surface area contributed by atoms with Gasteiger partial charge in [-0.3, -0.25) is 14.7 Å². The predicted octanol–water partition coefficient (Wildman–Crippen LogP) is 0.888. The average Bonchev–Trinajstić information content (AvgIpc) is 3.11. The van der Waals surface area contributed by atoms with Crippen molar-refractivity contribution in [1.82, 2.24) is 29.5 Å². The molecule has 2 aromatic heterocycles. The first kappa shape index (κ1) is 16.2. The average molecular weight is 340 g/mol. The molecule has 0 bridgehead atoms. The summed E-state index contributed by atoms with van der Waals surface area (Å²) in [4.78, 5) is 26.0. The van der Waals surface area contributed by atoms with Gasteiger partial charge >= 0.3 is 0 Å². The van der Waals surface area contributed by atoms with E-state index in [1.165, 1.54) is 5.56 Å². The number of rotatable bonds is 3. The fraction of sp³-hybridized carbons (Fsp3) is 0.556. The lowest BCUT2D eigenvalue weighted by Crippen LogP contribution is -2.51. The van der Waals surface area contributed by atoms with Crippen molar-refractivity contribution in [3.05, 3.63) is 41.7 Å². The lowest BCUT2D eigenvalue weighted by Gasteiger charge is -2.37. The number of carbonyl (C=O) groups excluding carboxylic acids is 1. The number of aryl methyl sites for hydroxylation is 2. The van der Waals surface area contributed by atoms with Gasteiger partial charge in [0.15, 0.2) is 0 Å². The standard InChI is InChI=1S/C18H24N6O/c1-14-3-2-6-19-16(14)12-22-7-9-23(10-8-22)18(25)15-4-5-17-20-13-21-24(17)11-15/h2-3,6,13,15H,4-5,7-12H2,1H3. The molecular formula is C18H24N6O. The van der Waals surface area contributed by atoms with Crippen LogP contribution in [0.5, 0.6) is 0 Å². The smallest absolute Gasteiger partial charge is 0.227 e. The van der Waals surface area contributed by atoms with Crippen LogP contribution in [0.25, 0.3) is 0 Å². The molecule has 0 N–H and O–H groups in total. The fourth-order valence-corrected chi connectivity index (χ4v) is 3.72. The van der Waals surface area contributed by atoms with E-state index in [1.54, 1.807) is 6.33 Å². The van der Waals surface area contributed by atoms with E-state index in [2.05, 4.69) is 33.0 Å². The van der Waals surface area contributed by atoms with Crippen molar-refractivity contribution in [2.75, 3.05) is 26.2 Å². The highest BCUT2D eigenvalue weighted by molar-refractivity contribution is 5.79. The molecule has 7 nitrogen and oxygen atoms in total. The summed E-state index contributed by atoms with van der Waals surface area (Å²) >= 11 is 0. The molecule has 0 saturated carbocycles. The molecule has 25 heavy (non-hydrogen) atoms. The summed E-state index contributed by atoms with van der Waals surface area (Å²) in [6.07, 6.45) is 5.16. The summed E-state index contributed by atoms with van der Waals surface area (Å²) in [5, 5.41) is 4.22. The van der Waals surface area contributed by atoms with E-state index in [4.69, 9.17) is 0 Å². The van der Waals surface area contributed by atoms with Crippen molar-refractivity contribution in [2.45, 2.75) is 32.9 Å². The Hall–Kier alpha value is -2.28. The summed E-state index contributed by atoms with van der Waals surface area (Å²) in [6, 6.07) is 4.07. The number of aromatic nitrogens is 4. The van der Waals surface area contributed by atoms with Crippen molar-refractivity contribution in [3.63, 3.8) is 0 Å². The third kappa shape index (κ3) is 3.42. The number of piperazine rings is 1. The monoisotopic (exact) mass is 340 g/mol. The Morgan fingerprint density at radius 2 is 2.08 bits per heavy atom. The van der Waals surface area contributed by atoms with E-state index < -0.39 is 0 Å². The molecule has 132 valence electrons. The SMILES string of the molecule is Cc1cccnc1CN1CCN(C(=O)C2CCc3ncnn3C2)CC1. The maximum absolute atomic E-state index is 12.8. The summed E-state index contributed by atoms with van der Waals surface area (Å²) in [5.41, 5.74) is 2.36. The Bertz CT molecular complexity index is 750. The number of fused-ring (bicyclic) bond motifs is 1. The third-order valence-corrected chi connectivity index (χ3v) is 5.33. The predicted molar refractivity (Wildman–Crippen MR) is 92.7 cm³/mol. The molecule has 1 unspecified atom stereocenters. The lowest BCUT2D eigenvalue weighted by atomic mass is 9.98. The molecule has 2 aliphatic heterocycles. The highest BCUT2D eigenvalue weighted by Gasteiger charge is 2.31. The molecule has 2 aliphatic rings. The van der Waals surface area contributed by atoms with Gasteiger partial charge in [0.25, 0.3) is 0 Å². The Morgan fingerprint density at radius 3 is 2.88 bits per heavy atom. The largest absolute Gasteiger partial charge is 0.340 e. The van der Waals surface area contributed by atoms with E-state index in [0.29, 0.717) is 6.54 Å². The molecule has 4 rings (SSSR count). The Labute approximate surface area is 147 Å². The zero-order valence-corrected chi connectivity index (χ0v) is 14.6. The molecule has 0 aliphatic carbocycles. The molecule has 1 amide bonds. The van der Waals surface area contributed by atoms with E-state index >= 15 is 0 Å². The first-order chi connectivity index (χ1) is 12.2. The second kappa shape index (κ2) is 6.92. The minimum Gasteiger partial charge on any atom is -0.340 e. The molecule has 2 aromatic rings. The second-order valence-electron chi connectivity index (χ2n) is 6.96. The number of nitrogens with zero attached hydrogens (tertiary/aromatic N) is 6. The van der Waals surface area contributed by atoms with Crippen molar-refractivity contribution in [1.29, 1.82) is 0 Å². The number of hydrogen-bond acceptors (Lipinski definition) is 5. The molecule has 4 heterocycles. The van der Waals surface area contributed by atoms with Gasteiger partial charge in [-0.25, -0.2) is 9.67 Å². The van der Waals surface area contributed by atoms with Crippen LogP contribution in [0.1, 0.15) is 23.5 Å². The van der Waals surface area contributed by atoms with Gasteiger partial charge in [0, 0.05) is 45.3 Å². The van der Waals surface area contributed by atoms with E-state index in [-0.39, 0.29) is 11.8 Å². The number of amides is 1. The lowest BCUT2D eigenvalue weighted by molar-refractivity contribution is -0.138. The van der Waals surface area contributed by atoms with Crippen LogP contribution in [0.2, 0.25) is 0 Å². The molecule has 1 atom stereocenters. The van der Waals surface area contributed by atoms with E-state index in [9.17, 15) is 4.79 Å². The van der Waals surface area contributed by atoms with Crippen LogP contribution in [0.3, 0.4) is 0 Å². The van der Waals surface area contributed by atoms with Gasteiger partial charge in [0.05, 0.1) is 18.2 Å². The Balaban J connectivity index is 1.31. The summed E-state index contributed by atoms with van der Waals surface area (Å²) in [7, 11) is 0. The van der Waals surface area contributed by atoms with Crippen LogP contribution in [0.4, 0.5) is 0 Å². The normalized spacial score (nSPS) is 21.2. The topological polar surface area (TPSA) is 67.2 Å². The number of hydrogen-bond donors (Lipinski definition) is 0. The van der Waals surface area contributed by atoms with Crippen molar-refractivity contribution in [2.24, 2.45) is 5.92 Å². The maximum Gasteiger partial charge on any atom is 0.227 e. The maximum atomic E-state index is 12.8. The first-order valence-electron chi connectivity index (χ1n) is 8.99. The minimum absolute atomic E-state index is 0.0405. The molecule has 7 heteroatoms. The fourth-order valence-electron chi connectivity index (χ4n) is 3.72. The van der Waals surface area contributed by atoms with Gasteiger partial charge in [-0.05, 0) is 25.0 Å². The van der Waals surface area contributed by atoms with Gasteiger partial charge in [-0.2, -0.15) is 5.10 Å². The number of carbonyl (C=O) groups is 1. The zero-order valence-electron chi connectivity index (χ0n) is 14.6. The van der Waals surface area contributed by atoms with Crippen LogP contribution in [-0.4, -0.2) is 61.6 Å². The van der Waals surface area contributed by atoms with Crippen molar-refractivity contribution in [3.8, 4) is 0 Å². The van der Waals surface area contributed by atoms with Crippen LogP contribution >= 0.6 is 0 Å². The third-order valence-electron chi connectivity index (χ3n) is 5.33. The van der Waals surface area contributed by atoms with Crippen LogP contribution in [0.15, 0.2) is 24.7 Å². The summed E-state index contributed by atoms with van der Waals surface area (Å²) < 4.78 is 1.88. The van der Waals surface area contributed by atoms with Gasteiger partial charge < -0.3 is 4.90 Å². The molecule has 1 saturated heterocycles.